The first-order valence-corrected chi connectivity index (χ1v) is 10.5. The number of halogens is 1. The largest absolute Gasteiger partial charge is 0.337 e. The summed E-state index contributed by atoms with van der Waals surface area (Å²) in [7, 11) is -1.89. The third kappa shape index (κ3) is 3.74. The van der Waals surface area contributed by atoms with Crippen LogP contribution in [0, 0.1) is 6.92 Å². The Kier molecular flexibility index (Phi) is 5.19. The number of hydrogen-bond donors (Lipinski definition) is 0. The van der Waals surface area contributed by atoms with E-state index in [2.05, 4.69) is 4.98 Å². The minimum Gasteiger partial charge on any atom is -0.337 e. The molecule has 1 aliphatic heterocycles. The second-order valence-corrected chi connectivity index (χ2v) is 9.49. The van der Waals surface area contributed by atoms with Crippen molar-refractivity contribution in [2.75, 3.05) is 26.2 Å². The van der Waals surface area contributed by atoms with Crippen LogP contribution < -0.4 is 0 Å². The maximum absolute atomic E-state index is 12.8. The van der Waals surface area contributed by atoms with Crippen LogP contribution in [0.5, 0.6) is 0 Å². The predicted octanol–water partition coefficient (Wildman–Crippen LogP) is 1.98. The first kappa shape index (κ1) is 18.4. The number of aromatic nitrogens is 2. The molecule has 0 atom stereocenters. The average Bonchev–Trinajstić information content (AvgIpc) is 3.04. The average molecular weight is 403 g/mol. The Labute approximate surface area is 155 Å². The second-order valence-electron chi connectivity index (χ2n) is 5.89. The summed E-state index contributed by atoms with van der Waals surface area (Å²) in [5.41, 5.74) is 0. The molecule has 10 heteroatoms. The van der Waals surface area contributed by atoms with Crippen LogP contribution in [0.15, 0.2) is 23.4 Å². The molecule has 2 aromatic rings. The van der Waals surface area contributed by atoms with Gasteiger partial charge in [0.15, 0.2) is 5.03 Å². The normalized spacial score (nSPS) is 16.8. The Bertz CT molecular complexity index is 871. The summed E-state index contributed by atoms with van der Waals surface area (Å²) in [6, 6.07) is 3.39. The quantitative estimate of drug-likeness (QED) is 0.786. The van der Waals surface area contributed by atoms with Crippen LogP contribution in [0.25, 0.3) is 0 Å². The molecule has 2 aromatic heterocycles. The fraction of sp³-hybridized carbons (Fsp3) is 0.467. The highest BCUT2D eigenvalue weighted by molar-refractivity contribution is 7.89. The minimum absolute atomic E-state index is 0.0531. The third-order valence-electron chi connectivity index (χ3n) is 4.22. The van der Waals surface area contributed by atoms with Gasteiger partial charge in [-0.1, -0.05) is 11.6 Å². The highest BCUT2D eigenvalue weighted by atomic mass is 35.5. The Morgan fingerprint density at radius 3 is 2.60 bits per heavy atom. The zero-order valence-corrected chi connectivity index (χ0v) is 16.4. The molecule has 0 N–H and O–H groups in total. The monoisotopic (exact) mass is 402 g/mol. The number of amides is 1. The molecule has 1 aliphatic rings. The van der Waals surface area contributed by atoms with E-state index in [1.165, 1.54) is 21.8 Å². The van der Waals surface area contributed by atoms with Gasteiger partial charge in [0.1, 0.15) is 5.82 Å². The van der Waals surface area contributed by atoms with Crippen molar-refractivity contribution >= 4 is 38.9 Å². The number of thiophene rings is 1. The lowest BCUT2D eigenvalue weighted by atomic mass is 10.3. The van der Waals surface area contributed by atoms with Gasteiger partial charge in [-0.25, -0.2) is 13.4 Å². The molecule has 0 radical (unpaired) electrons. The molecular formula is C15H19ClN4O3S2. The van der Waals surface area contributed by atoms with Gasteiger partial charge < -0.3 is 9.47 Å². The molecule has 7 nitrogen and oxygen atoms in total. The molecule has 3 heterocycles. The molecule has 1 fully saturated rings. The standard InChI is InChI=1S/C15H19ClN4O3S2/c1-11-17-14(10-18(11)2)25(22,23)20-7-3-6-19(8-9-20)15(21)12-4-5-13(16)24-12/h4-5,10H,3,6-9H2,1-2H3. The molecule has 0 unspecified atom stereocenters. The van der Waals surface area contributed by atoms with Gasteiger partial charge in [0.05, 0.1) is 9.21 Å². The summed E-state index contributed by atoms with van der Waals surface area (Å²) in [6.45, 7) is 3.24. The van der Waals surface area contributed by atoms with Crippen LogP contribution in [0.4, 0.5) is 0 Å². The number of nitrogens with zero attached hydrogens (tertiary/aromatic N) is 4. The second kappa shape index (κ2) is 7.06. The molecule has 3 rings (SSSR count). The number of carbonyl (C=O) groups excluding carboxylic acids is 1. The van der Waals surface area contributed by atoms with Crippen molar-refractivity contribution in [1.29, 1.82) is 0 Å². The molecular weight excluding hydrogens is 384 g/mol. The van der Waals surface area contributed by atoms with E-state index in [-0.39, 0.29) is 17.5 Å². The Morgan fingerprint density at radius 1 is 1.24 bits per heavy atom. The smallest absolute Gasteiger partial charge is 0.264 e. The maximum Gasteiger partial charge on any atom is 0.264 e. The highest BCUT2D eigenvalue weighted by Gasteiger charge is 2.30. The lowest BCUT2D eigenvalue weighted by Gasteiger charge is -2.20. The minimum atomic E-state index is -3.65. The molecule has 0 aromatic carbocycles. The van der Waals surface area contributed by atoms with Crippen LogP contribution in [0.2, 0.25) is 4.34 Å². The van der Waals surface area contributed by atoms with Crippen LogP contribution >= 0.6 is 22.9 Å². The zero-order valence-electron chi connectivity index (χ0n) is 14.0. The van der Waals surface area contributed by atoms with Crippen molar-refractivity contribution in [1.82, 2.24) is 18.8 Å². The fourth-order valence-electron chi connectivity index (χ4n) is 2.71. The summed E-state index contributed by atoms with van der Waals surface area (Å²) in [5.74, 6) is 0.532. The van der Waals surface area contributed by atoms with E-state index in [0.717, 1.165) is 0 Å². The van der Waals surface area contributed by atoms with Gasteiger partial charge in [-0.3, -0.25) is 4.79 Å². The number of imidazole rings is 1. The van der Waals surface area contributed by atoms with Crippen molar-refractivity contribution in [3.63, 3.8) is 0 Å². The molecule has 0 bridgehead atoms. The molecule has 136 valence electrons. The maximum atomic E-state index is 12.8. The first-order chi connectivity index (χ1) is 11.8. The number of hydrogen-bond acceptors (Lipinski definition) is 5. The molecule has 0 aliphatic carbocycles. The Morgan fingerprint density at radius 2 is 2.00 bits per heavy atom. The summed E-state index contributed by atoms with van der Waals surface area (Å²) in [4.78, 5) is 18.9. The van der Waals surface area contributed by atoms with E-state index in [0.29, 0.717) is 41.1 Å². The van der Waals surface area contributed by atoms with E-state index in [9.17, 15) is 13.2 Å². The first-order valence-electron chi connectivity index (χ1n) is 7.84. The van der Waals surface area contributed by atoms with E-state index in [4.69, 9.17) is 11.6 Å². The van der Waals surface area contributed by atoms with Crippen LogP contribution in [-0.2, 0) is 17.1 Å². The fourth-order valence-corrected chi connectivity index (χ4v) is 5.21. The van der Waals surface area contributed by atoms with E-state index < -0.39 is 10.0 Å². The summed E-state index contributed by atoms with van der Waals surface area (Å²) in [6.07, 6.45) is 2.10. The van der Waals surface area contributed by atoms with Crippen molar-refractivity contribution < 1.29 is 13.2 Å². The summed E-state index contributed by atoms with van der Waals surface area (Å²) < 4.78 is 29.2. The van der Waals surface area contributed by atoms with Gasteiger partial charge in [-0.05, 0) is 25.5 Å². The van der Waals surface area contributed by atoms with E-state index in [1.807, 2.05) is 0 Å². The SMILES string of the molecule is Cc1nc(S(=O)(=O)N2CCCN(C(=O)c3ccc(Cl)s3)CC2)cn1C. The van der Waals surface area contributed by atoms with Gasteiger partial charge >= 0.3 is 0 Å². The van der Waals surface area contributed by atoms with E-state index in [1.54, 1.807) is 35.6 Å². The lowest BCUT2D eigenvalue weighted by Crippen LogP contribution is -2.37. The predicted molar refractivity (Wildman–Crippen MR) is 96.6 cm³/mol. The molecule has 0 spiro atoms. The lowest BCUT2D eigenvalue weighted by molar-refractivity contribution is 0.0769. The number of carbonyl (C=O) groups is 1. The summed E-state index contributed by atoms with van der Waals surface area (Å²) >= 11 is 7.13. The van der Waals surface area contributed by atoms with Crippen LogP contribution in [0.1, 0.15) is 21.9 Å². The van der Waals surface area contributed by atoms with Crippen molar-refractivity contribution in [2.24, 2.45) is 7.05 Å². The number of aryl methyl sites for hydroxylation is 2. The van der Waals surface area contributed by atoms with Gasteiger partial charge in [0.2, 0.25) is 0 Å². The van der Waals surface area contributed by atoms with Gasteiger partial charge in [-0.2, -0.15) is 4.31 Å². The van der Waals surface area contributed by atoms with Gasteiger partial charge in [0.25, 0.3) is 15.9 Å². The number of rotatable bonds is 3. The van der Waals surface area contributed by atoms with Gasteiger partial charge in [-0.15, -0.1) is 11.3 Å². The zero-order chi connectivity index (χ0) is 18.2. The molecule has 1 saturated heterocycles. The van der Waals surface area contributed by atoms with Crippen LogP contribution in [0.3, 0.4) is 0 Å². The van der Waals surface area contributed by atoms with Crippen molar-refractivity contribution in [2.45, 2.75) is 18.4 Å². The summed E-state index contributed by atoms with van der Waals surface area (Å²) in [5, 5.41) is 0.0531. The molecule has 25 heavy (non-hydrogen) atoms. The molecule has 0 saturated carbocycles. The van der Waals surface area contributed by atoms with E-state index >= 15 is 0 Å². The van der Waals surface area contributed by atoms with Crippen molar-refractivity contribution in [3.05, 3.63) is 33.4 Å². The van der Waals surface area contributed by atoms with Crippen LogP contribution in [-0.4, -0.2) is 59.3 Å². The third-order valence-corrected chi connectivity index (χ3v) is 7.21. The highest BCUT2D eigenvalue weighted by Crippen LogP contribution is 2.24. The Balaban J connectivity index is 1.74. The Hall–Kier alpha value is -1.42. The van der Waals surface area contributed by atoms with Gasteiger partial charge in [0, 0.05) is 39.4 Å². The number of sulfonamides is 1. The molecule has 1 amide bonds. The topological polar surface area (TPSA) is 75.5 Å². The van der Waals surface area contributed by atoms with Crippen molar-refractivity contribution in [3.8, 4) is 0 Å².